The van der Waals surface area contributed by atoms with Crippen LogP contribution < -0.4 is 4.74 Å². The third kappa shape index (κ3) is 1.91. The van der Waals surface area contributed by atoms with Crippen molar-refractivity contribution in [3.8, 4) is 5.75 Å². The fraction of sp³-hybridized carbons (Fsp3) is 0.667. The van der Waals surface area contributed by atoms with E-state index in [1.165, 1.54) is 16.7 Å². The van der Waals surface area contributed by atoms with Gasteiger partial charge in [-0.3, -0.25) is 0 Å². The van der Waals surface area contributed by atoms with Crippen LogP contribution in [0, 0.1) is 12.3 Å². The molecule has 2 unspecified atom stereocenters. The number of piperidine rings is 1. The Balaban J connectivity index is 1.72. The minimum atomic E-state index is -0.455. The molecule has 3 aliphatic rings. The van der Waals surface area contributed by atoms with Crippen LogP contribution >= 0.6 is 0 Å². The maximum absolute atomic E-state index is 12.7. The Hall–Kier alpha value is -1.71. The molecule has 4 nitrogen and oxygen atoms in total. The summed E-state index contributed by atoms with van der Waals surface area (Å²) in [6.45, 7) is 12.6. The molecule has 4 atom stereocenters. The average Bonchev–Trinajstić information content (AvgIpc) is 2.49. The Morgan fingerprint density at radius 3 is 2.52 bits per heavy atom. The molecule has 1 aromatic rings. The zero-order valence-electron chi connectivity index (χ0n) is 16.4. The summed E-state index contributed by atoms with van der Waals surface area (Å²) in [6, 6.07) is 5.00. The van der Waals surface area contributed by atoms with Crippen molar-refractivity contribution in [3.05, 3.63) is 28.8 Å². The topological polar surface area (TPSA) is 38.8 Å². The summed E-state index contributed by atoms with van der Waals surface area (Å²) in [4.78, 5) is 14.7. The summed E-state index contributed by atoms with van der Waals surface area (Å²) in [5, 5.41) is 0. The lowest BCUT2D eigenvalue weighted by molar-refractivity contribution is -0.240. The van der Waals surface area contributed by atoms with Gasteiger partial charge < -0.3 is 14.4 Å². The van der Waals surface area contributed by atoms with Crippen molar-refractivity contribution in [2.45, 2.75) is 77.5 Å². The van der Waals surface area contributed by atoms with Gasteiger partial charge >= 0.3 is 6.09 Å². The highest BCUT2D eigenvalue weighted by atomic mass is 16.6. The third-order valence-corrected chi connectivity index (χ3v) is 7.08. The number of methoxy groups -OCH3 is 1. The van der Waals surface area contributed by atoms with Gasteiger partial charge in [0, 0.05) is 22.9 Å². The van der Waals surface area contributed by atoms with E-state index in [1.54, 1.807) is 7.11 Å². The van der Waals surface area contributed by atoms with E-state index in [-0.39, 0.29) is 23.0 Å². The molecule has 4 rings (SSSR count). The summed E-state index contributed by atoms with van der Waals surface area (Å²) in [5.41, 5.74) is 3.78. The van der Waals surface area contributed by atoms with E-state index in [4.69, 9.17) is 9.47 Å². The van der Waals surface area contributed by atoms with Gasteiger partial charge in [0.25, 0.3) is 0 Å². The monoisotopic (exact) mass is 343 g/mol. The molecule has 25 heavy (non-hydrogen) atoms. The zero-order chi connectivity index (χ0) is 18.4. The lowest BCUT2D eigenvalue weighted by Crippen LogP contribution is -2.87. The fourth-order valence-electron chi connectivity index (χ4n) is 5.58. The van der Waals surface area contributed by atoms with E-state index in [1.807, 2.05) is 25.7 Å². The van der Waals surface area contributed by atoms with Gasteiger partial charge in [0.1, 0.15) is 11.4 Å². The Morgan fingerprint density at radius 2 is 1.92 bits per heavy atom. The van der Waals surface area contributed by atoms with Gasteiger partial charge in [0.15, 0.2) is 0 Å². The van der Waals surface area contributed by atoms with Crippen molar-refractivity contribution in [3.63, 3.8) is 0 Å². The Bertz CT molecular complexity index is 765. The maximum atomic E-state index is 12.7. The molecule has 0 bridgehead atoms. The van der Waals surface area contributed by atoms with E-state index in [0.717, 1.165) is 18.6 Å². The number of hydrogen-bond donors (Lipinski definition) is 0. The Labute approximate surface area is 150 Å². The van der Waals surface area contributed by atoms with Gasteiger partial charge in [0.2, 0.25) is 0 Å². The van der Waals surface area contributed by atoms with Crippen LogP contribution in [0.5, 0.6) is 5.75 Å². The van der Waals surface area contributed by atoms with Gasteiger partial charge in [-0.2, -0.15) is 0 Å². The Morgan fingerprint density at radius 1 is 1.24 bits per heavy atom. The second kappa shape index (κ2) is 4.72. The number of carbonyl (C=O) groups excluding carboxylic acids is 1. The molecular weight excluding hydrogens is 314 g/mol. The number of nitrogens with zero attached hydrogens (tertiary/aromatic N) is 1. The molecule has 0 spiro atoms. The molecule has 1 aliphatic heterocycles. The largest absolute Gasteiger partial charge is 0.496 e. The zero-order valence-corrected chi connectivity index (χ0v) is 16.4. The summed E-state index contributed by atoms with van der Waals surface area (Å²) < 4.78 is 11.2. The predicted molar refractivity (Wildman–Crippen MR) is 97.2 cm³/mol. The van der Waals surface area contributed by atoms with Crippen LogP contribution in [0.4, 0.5) is 4.79 Å². The molecule has 0 aromatic heterocycles. The summed E-state index contributed by atoms with van der Waals surface area (Å²) in [5.74, 6) is 0.935. The summed E-state index contributed by atoms with van der Waals surface area (Å²) >= 11 is 0. The summed E-state index contributed by atoms with van der Waals surface area (Å²) in [7, 11) is 1.72. The van der Waals surface area contributed by atoms with E-state index in [2.05, 4.69) is 32.9 Å². The highest BCUT2D eigenvalue weighted by Crippen LogP contribution is 2.72. The van der Waals surface area contributed by atoms with Crippen LogP contribution in [-0.2, 0) is 16.6 Å². The third-order valence-electron chi connectivity index (χ3n) is 7.08. The van der Waals surface area contributed by atoms with Crippen LogP contribution in [0.2, 0.25) is 0 Å². The predicted octanol–water partition coefficient (Wildman–Crippen LogP) is 4.22. The van der Waals surface area contributed by atoms with Crippen molar-refractivity contribution in [1.82, 2.24) is 4.90 Å². The van der Waals surface area contributed by atoms with Gasteiger partial charge in [-0.25, -0.2) is 4.79 Å². The minimum absolute atomic E-state index is 0.130. The molecule has 1 aromatic carbocycles. The first-order valence-corrected chi connectivity index (χ1v) is 9.22. The van der Waals surface area contributed by atoms with Crippen molar-refractivity contribution in [2.75, 3.05) is 7.11 Å². The van der Waals surface area contributed by atoms with Crippen LogP contribution in [0.3, 0.4) is 0 Å². The Kier molecular flexibility index (Phi) is 3.16. The number of carbonyl (C=O) groups is 1. The average molecular weight is 343 g/mol. The van der Waals surface area contributed by atoms with E-state index >= 15 is 0 Å². The number of ether oxygens (including phenoxy) is 2. The van der Waals surface area contributed by atoms with Crippen molar-refractivity contribution in [2.24, 2.45) is 5.41 Å². The second-order valence-corrected chi connectivity index (χ2v) is 9.42. The van der Waals surface area contributed by atoms with Crippen LogP contribution in [0.15, 0.2) is 12.1 Å². The maximum Gasteiger partial charge on any atom is 0.410 e. The number of likely N-dealkylation sites (tertiary alicyclic amines) is 1. The van der Waals surface area contributed by atoms with E-state index < -0.39 is 5.60 Å². The molecule has 1 saturated carbocycles. The van der Waals surface area contributed by atoms with Crippen LogP contribution in [0.25, 0.3) is 0 Å². The van der Waals surface area contributed by atoms with Gasteiger partial charge in [0.05, 0.1) is 7.11 Å². The van der Waals surface area contributed by atoms with E-state index in [9.17, 15) is 4.79 Å². The van der Waals surface area contributed by atoms with Crippen LogP contribution in [0.1, 0.15) is 57.7 Å². The molecule has 0 N–H and O–H groups in total. The van der Waals surface area contributed by atoms with Crippen molar-refractivity contribution >= 4 is 6.09 Å². The quantitative estimate of drug-likeness (QED) is 0.766. The minimum Gasteiger partial charge on any atom is -0.496 e. The number of rotatable bonds is 1. The molecule has 2 fully saturated rings. The number of hydrogen-bond acceptors (Lipinski definition) is 3. The van der Waals surface area contributed by atoms with Crippen molar-refractivity contribution < 1.29 is 14.3 Å². The summed E-state index contributed by atoms with van der Waals surface area (Å²) in [6.07, 6.45) is 1.73. The van der Waals surface area contributed by atoms with Crippen LogP contribution in [-0.4, -0.2) is 35.8 Å². The molecule has 1 heterocycles. The standard InChI is InChI=1S/C21H29NO3/c1-12-8-14-13(9-15(12)24-7)10-16-21(6)17(11-20(14,21)5)22(16)18(23)25-19(2,3)4/h8-9,16-17H,10-11H2,1-7H3/t16-,17?,20+,21?/m0/s1. The van der Waals surface area contributed by atoms with Gasteiger partial charge in [-0.05, 0) is 63.3 Å². The fourth-order valence-corrected chi connectivity index (χ4v) is 5.58. The first-order valence-electron chi connectivity index (χ1n) is 9.22. The van der Waals surface area contributed by atoms with E-state index in [0.29, 0.717) is 6.04 Å². The second-order valence-electron chi connectivity index (χ2n) is 9.42. The first kappa shape index (κ1) is 16.7. The van der Waals surface area contributed by atoms with Gasteiger partial charge in [-0.15, -0.1) is 0 Å². The lowest BCUT2D eigenvalue weighted by atomic mass is 9.35. The lowest BCUT2D eigenvalue weighted by Gasteiger charge is -2.79. The molecule has 136 valence electrons. The highest BCUT2D eigenvalue weighted by Gasteiger charge is 2.77. The molecule has 1 amide bonds. The highest BCUT2D eigenvalue weighted by molar-refractivity contribution is 5.73. The smallest absolute Gasteiger partial charge is 0.410 e. The van der Waals surface area contributed by atoms with Gasteiger partial charge in [-0.1, -0.05) is 19.9 Å². The molecule has 4 heteroatoms. The molecule has 0 radical (unpaired) electrons. The molecule has 1 saturated heterocycles. The normalized spacial score (nSPS) is 35.1. The number of amides is 1. The number of benzene rings is 1. The van der Waals surface area contributed by atoms with Crippen molar-refractivity contribution in [1.29, 1.82) is 0 Å². The molecular formula is C21H29NO3. The SMILES string of the molecule is COc1cc2c(cc1C)[C@@]1(C)CC3N(C(=O)OC(C)(C)C)[C@@H](C2)C31C. The molecule has 2 aliphatic carbocycles. The number of aryl methyl sites for hydroxylation is 1. The number of fused-ring (bicyclic) bond motifs is 2. The first-order chi connectivity index (χ1) is 11.5.